The highest BCUT2D eigenvalue weighted by molar-refractivity contribution is 9.11. The van der Waals surface area contributed by atoms with E-state index in [1.807, 2.05) is 24.3 Å². The molecule has 0 radical (unpaired) electrons. The number of aryl methyl sites for hydroxylation is 1. The lowest BCUT2D eigenvalue weighted by Crippen LogP contribution is -1.92. The van der Waals surface area contributed by atoms with E-state index in [0.29, 0.717) is 0 Å². The van der Waals surface area contributed by atoms with Crippen molar-refractivity contribution < 1.29 is 4.74 Å². The predicted molar refractivity (Wildman–Crippen MR) is 96.0 cm³/mol. The molecule has 2 nitrogen and oxygen atoms in total. The highest BCUT2D eigenvalue weighted by Crippen LogP contribution is 2.38. The molecular weight excluding hydrogens is 394 g/mol. The molecule has 0 bridgehead atoms. The minimum absolute atomic E-state index is 0.728. The number of hydrogen-bond acceptors (Lipinski definition) is 2. The second-order valence-electron chi connectivity index (χ2n) is 5.02. The smallest absolute Gasteiger partial charge is 0.155 e. The van der Waals surface area contributed by atoms with E-state index in [0.717, 1.165) is 32.6 Å². The molecule has 0 atom stereocenters. The molecule has 0 fully saturated rings. The van der Waals surface area contributed by atoms with E-state index in [4.69, 9.17) is 10.5 Å². The van der Waals surface area contributed by atoms with Crippen LogP contribution in [0.1, 0.15) is 31.7 Å². The van der Waals surface area contributed by atoms with E-state index in [9.17, 15) is 0 Å². The van der Waals surface area contributed by atoms with Gasteiger partial charge in [0, 0.05) is 5.69 Å². The number of rotatable bonds is 6. The van der Waals surface area contributed by atoms with Gasteiger partial charge in [-0.25, -0.2) is 0 Å². The number of halogens is 2. The highest BCUT2D eigenvalue weighted by atomic mass is 79.9. The fourth-order valence-electron chi connectivity index (χ4n) is 2.09. The first-order chi connectivity index (χ1) is 10.1. The second-order valence-corrected chi connectivity index (χ2v) is 6.73. The summed E-state index contributed by atoms with van der Waals surface area (Å²) in [5.74, 6) is 1.56. The number of nitrogens with two attached hydrogens (primary N) is 1. The lowest BCUT2D eigenvalue weighted by atomic mass is 10.1. The summed E-state index contributed by atoms with van der Waals surface area (Å²) in [6.45, 7) is 2.22. The van der Waals surface area contributed by atoms with Crippen molar-refractivity contribution in [3.8, 4) is 11.5 Å². The van der Waals surface area contributed by atoms with Crippen LogP contribution < -0.4 is 10.5 Å². The normalized spacial score (nSPS) is 10.6. The van der Waals surface area contributed by atoms with E-state index in [-0.39, 0.29) is 0 Å². The van der Waals surface area contributed by atoms with E-state index >= 15 is 0 Å². The van der Waals surface area contributed by atoms with Crippen molar-refractivity contribution in [2.24, 2.45) is 0 Å². The molecule has 0 saturated carbocycles. The van der Waals surface area contributed by atoms with E-state index in [2.05, 4.69) is 50.9 Å². The lowest BCUT2D eigenvalue weighted by Gasteiger charge is -2.12. The van der Waals surface area contributed by atoms with Gasteiger partial charge < -0.3 is 10.5 Å². The first-order valence-corrected chi connectivity index (χ1v) is 8.70. The third-order valence-corrected chi connectivity index (χ3v) is 4.41. The van der Waals surface area contributed by atoms with Crippen LogP contribution in [0.25, 0.3) is 0 Å². The third-order valence-electron chi connectivity index (χ3n) is 3.23. The molecule has 0 aliphatic heterocycles. The average molecular weight is 413 g/mol. The number of unbranched alkanes of at least 4 members (excludes halogenated alkanes) is 2. The van der Waals surface area contributed by atoms with E-state index in [1.165, 1.54) is 24.8 Å². The van der Waals surface area contributed by atoms with Crippen LogP contribution in [0.3, 0.4) is 0 Å². The van der Waals surface area contributed by atoms with Crippen LogP contribution in [0.4, 0.5) is 5.69 Å². The van der Waals surface area contributed by atoms with Gasteiger partial charge in [0.25, 0.3) is 0 Å². The van der Waals surface area contributed by atoms with Gasteiger partial charge in [0.15, 0.2) is 5.75 Å². The molecule has 4 heteroatoms. The van der Waals surface area contributed by atoms with Gasteiger partial charge in [-0.05, 0) is 86.7 Å². The predicted octanol–water partition coefficient (Wildman–Crippen LogP) is 6.32. The van der Waals surface area contributed by atoms with Crippen molar-refractivity contribution in [2.75, 3.05) is 5.73 Å². The minimum atomic E-state index is 0.728. The second kappa shape index (κ2) is 7.85. The number of hydrogen-bond donors (Lipinski definition) is 1. The van der Waals surface area contributed by atoms with E-state index < -0.39 is 0 Å². The molecule has 0 unspecified atom stereocenters. The van der Waals surface area contributed by atoms with Crippen LogP contribution in [0, 0.1) is 0 Å². The Labute approximate surface area is 143 Å². The molecule has 2 rings (SSSR count). The Morgan fingerprint density at radius 2 is 1.62 bits per heavy atom. The zero-order valence-corrected chi connectivity index (χ0v) is 15.2. The van der Waals surface area contributed by atoms with Crippen molar-refractivity contribution in [3.63, 3.8) is 0 Å². The van der Waals surface area contributed by atoms with Crippen molar-refractivity contribution >= 4 is 37.5 Å². The van der Waals surface area contributed by atoms with Crippen molar-refractivity contribution in [3.05, 3.63) is 50.9 Å². The maximum Gasteiger partial charge on any atom is 0.155 e. The summed E-state index contributed by atoms with van der Waals surface area (Å²) < 4.78 is 7.84. The quantitative estimate of drug-likeness (QED) is 0.445. The highest BCUT2D eigenvalue weighted by Gasteiger charge is 2.10. The minimum Gasteiger partial charge on any atom is -0.455 e. The Hall–Kier alpha value is -1.000. The summed E-state index contributed by atoms with van der Waals surface area (Å²) >= 11 is 7.20. The van der Waals surface area contributed by atoms with Gasteiger partial charge in [-0.15, -0.1) is 0 Å². The average Bonchev–Trinajstić information content (AvgIpc) is 2.45. The van der Waals surface area contributed by atoms with Gasteiger partial charge in [-0.1, -0.05) is 19.8 Å². The monoisotopic (exact) mass is 411 g/mol. The number of anilines is 1. The SMILES string of the molecule is CCCCCc1cc(Br)c(Oc2ccc(N)cc2)c(Br)c1. The molecule has 2 aromatic carbocycles. The summed E-state index contributed by atoms with van der Waals surface area (Å²) in [5.41, 5.74) is 7.72. The summed E-state index contributed by atoms with van der Waals surface area (Å²) in [5, 5.41) is 0. The topological polar surface area (TPSA) is 35.2 Å². The molecule has 0 saturated heterocycles. The molecule has 0 aromatic heterocycles. The summed E-state index contributed by atoms with van der Waals surface area (Å²) in [6, 6.07) is 11.7. The van der Waals surface area contributed by atoms with Crippen molar-refractivity contribution in [1.82, 2.24) is 0 Å². The molecule has 2 N–H and O–H groups in total. The molecule has 2 aromatic rings. The maximum atomic E-state index is 5.93. The summed E-state index contributed by atoms with van der Waals surface area (Å²) in [7, 11) is 0. The van der Waals surface area contributed by atoms with Gasteiger partial charge in [0.05, 0.1) is 8.95 Å². The van der Waals surface area contributed by atoms with Crippen LogP contribution in [-0.4, -0.2) is 0 Å². The maximum absolute atomic E-state index is 5.93. The van der Waals surface area contributed by atoms with Crippen LogP contribution in [0.2, 0.25) is 0 Å². The Morgan fingerprint density at radius 1 is 1.00 bits per heavy atom. The van der Waals surface area contributed by atoms with Gasteiger partial charge in [0.1, 0.15) is 5.75 Å². The van der Waals surface area contributed by atoms with Crippen molar-refractivity contribution in [2.45, 2.75) is 32.6 Å². The first kappa shape index (κ1) is 16.4. The molecule has 0 amide bonds. The van der Waals surface area contributed by atoms with Gasteiger partial charge in [-0.2, -0.15) is 0 Å². The Morgan fingerprint density at radius 3 is 2.19 bits per heavy atom. The molecule has 112 valence electrons. The molecular formula is C17H19Br2NO. The first-order valence-electron chi connectivity index (χ1n) is 7.11. The Balaban J connectivity index is 2.14. The van der Waals surface area contributed by atoms with Crippen LogP contribution in [0.5, 0.6) is 11.5 Å². The standard InChI is InChI=1S/C17H19Br2NO/c1-2-3-4-5-12-10-15(18)17(16(19)11-12)21-14-8-6-13(20)7-9-14/h6-11H,2-5,20H2,1H3. The number of ether oxygens (including phenoxy) is 1. The lowest BCUT2D eigenvalue weighted by molar-refractivity contribution is 0.476. The van der Waals surface area contributed by atoms with Crippen LogP contribution in [0.15, 0.2) is 45.3 Å². The summed E-state index contributed by atoms with van der Waals surface area (Å²) in [6.07, 6.45) is 4.81. The Bertz CT molecular complexity index is 573. The zero-order chi connectivity index (χ0) is 15.2. The van der Waals surface area contributed by atoms with Gasteiger partial charge in [-0.3, -0.25) is 0 Å². The third kappa shape index (κ3) is 4.75. The number of nitrogen functional groups attached to an aromatic ring is 1. The van der Waals surface area contributed by atoms with E-state index in [1.54, 1.807) is 0 Å². The van der Waals surface area contributed by atoms with Crippen molar-refractivity contribution in [1.29, 1.82) is 0 Å². The summed E-state index contributed by atoms with van der Waals surface area (Å²) in [4.78, 5) is 0. The van der Waals surface area contributed by atoms with Gasteiger partial charge in [0.2, 0.25) is 0 Å². The molecule has 0 heterocycles. The fourth-order valence-corrected chi connectivity index (χ4v) is 3.53. The molecule has 21 heavy (non-hydrogen) atoms. The molecule has 0 aliphatic carbocycles. The van der Waals surface area contributed by atoms with Crippen LogP contribution in [-0.2, 0) is 6.42 Å². The Kier molecular flexibility index (Phi) is 6.12. The number of benzene rings is 2. The fraction of sp³-hybridized carbons (Fsp3) is 0.294. The van der Waals surface area contributed by atoms with Crippen LogP contribution >= 0.6 is 31.9 Å². The largest absolute Gasteiger partial charge is 0.455 e. The molecule has 0 aliphatic rings. The van der Waals surface area contributed by atoms with Gasteiger partial charge >= 0.3 is 0 Å². The zero-order valence-electron chi connectivity index (χ0n) is 12.0. The molecule has 0 spiro atoms.